The molecule has 0 aliphatic heterocycles. The SMILES string of the molecule is CN(C(=O)CNC(=O)[C@H](Cc1ccccc1F)NC(=O)CNC=O)C(Cc1cnc[nH]1)C(N)=O. The highest BCUT2D eigenvalue weighted by Crippen LogP contribution is 2.10. The molecule has 2 atom stereocenters. The molecule has 5 amide bonds. The first-order valence-corrected chi connectivity index (χ1v) is 10.2. The second-order valence-corrected chi connectivity index (χ2v) is 7.34. The molecule has 2 rings (SSSR count). The number of imidazole rings is 1. The molecule has 34 heavy (non-hydrogen) atoms. The summed E-state index contributed by atoms with van der Waals surface area (Å²) < 4.78 is 14.1. The van der Waals surface area contributed by atoms with E-state index in [1.54, 1.807) is 6.07 Å². The summed E-state index contributed by atoms with van der Waals surface area (Å²) in [5, 5.41) is 6.95. The molecule has 2 aromatic rings. The lowest BCUT2D eigenvalue weighted by Crippen LogP contribution is -2.53. The van der Waals surface area contributed by atoms with Gasteiger partial charge in [-0.25, -0.2) is 9.37 Å². The van der Waals surface area contributed by atoms with E-state index in [0.29, 0.717) is 12.1 Å². The van der Waals surface area contributed by atoms with Crippen LogP contribution in [0.5, 0.6) is 0 Å². The van der Waals surface area contributed by atoms with E-state index in [4.69, 9.17) is 5.73 Å². The topological polar surface area (TPSA) is 179 Å². The lowest BCUT2D eigenvalue weighted by Gasteiger charge is -2.26. The van der Waals surface area contributed by atoms with Crippen LogP contribution in [0.2, 0.25) is 0 Å². The van der Waals surface area contributed by atoms with Gasteiger partial charge in [0.05, 0.1) is 19.4 Å². The van der Waals surface area contributed by atoms with E-state index in [1.165, 1.54) is 37.8 Å². The Balaban J connectivity index is 2.04. The number of nitrogens with one attached hydrogen (secondary N) is 4. The summed E-state index contributed by atoms with van der Waals surface area (Å²) in [7, 11) is 1.37. The van der Waals surface area contributed by atoms with E-state index in [1.807, 2.05) is 0 Å². The molecule has 0 fully saturated rings. The Labute approximate surface area is 194 Å². The van der Waals surface area contributed by atoms with Gasteiger partial charge in [0.25, 0.3) is 0 Å². The maximum absolute atomic E-state index is 14.1. The van der Waals surface area contributed by atoms with Crippen molar-refractivity contribution in [2.75, 3.05) is 20.1 Å². The number of nitrogens with two attached hydrogens (primary N) is 1. The highest BCUT2D eigenvalue weighted by molar-refractivity contribution is 5.92. The largest absolute Gasteiger partial charge is 0.368 e. The van der Waals surface area contributed by atoms with Gasteiger partial charge in [0.1, 0.15) is 17.9 Å². The molecule has 0 spiro atoms. The number of aromatic amines is 1. The molecule has 1 heterocycles. The number of amides is 5. The first-order valence-electron chi connectivity index (χ1n) is 10.2. The molecule has 13 heteroatoms. The van der Waals surface area contributed by atoms with E-state index in [-0.39, 0.29) is 24.9 Å². The molecule has 0 radical (unpaired) electrons. The smallest absolute Gasteiger partial charge is 0.243 e. The number of halogens is 1. The molecule has 182 valence electrons. The van der Waals surface area contributed by atoms with Crippen molar-refractivity contribution in [3.8, 4) is 0 Å². The third-order valence-corrected chi connectivity index (χ3v) is 4.95. The van der Waals surface area contributed by atoms with Crippen molar-refractivity contribution in [2.24, 2.45) is 5.73 Å². The Morgan fingerprint density at radius 2 is 1.94 bits per heavy atom. The monoisotopic (exact) mass is 475 g/mol. The molecule has 0 saturated heterocycles. The molecule has 6 N–H and O–H groups in total. The van der Waals surface area contributed by atoms with Crippen LogP contribution in [0.1, 0.15) is 11.3 Å². The summed E-state index contributed by atoms with van der Waals surface area (Å²) in [4.78, 5) is 67.4. The summed E-state index contributed by atoms with van der Waals surface area (Å²) in [5.41, 5.74) is 6.18. The lowest BCUT2D eigenvalue weighted by atomic mass is 10.0. The van der Waals surface area contributed by atoms with Crippen LogP contribution < -0.4 is 21.7 Å². The van der Waals surface area contributed by atoms with Crippen LogP contribution >= 0.6 is 0 Å². The molecule has 0 aliphatic carbocycles. The molecule has 12 nitrogen and oxygen atoms in total. The highest BCUT2D eigenvalue weighted by atomic mass is 19.1. The van der Waals surface area contributed by atoms with Crippen molar-refractivity contribution in [3.63, 3.8) is 0 Å². The van der Waals surface area contributed by atoms with Gasteiger partial charge in [-0.05, 0) is 11.6 Å². The number of likely N-dealkylation sites (N-methyl/N-ethyl adjacent to an activating group) is 1. The van der Waals surface area contributed by atoms with Gasteiger partial charge in [0.15, 0.2) is 0 Å². The van der Waals surface area contributed by atoms with Crippen LogP contribution in [0.25, 0.3) is 0 Å². The number of hydrogen-bond acceptors (Lipinski definition) is 6. The normalized spacial score (nSPS) is 12.2. The van der Waals surface area contributed by atoms with Crippen molar-refractivity contribution >= 4 is 30.0 Å². The fraction of sp³-hybridized carbons (Fsp3) is 0.333. The predicted octanol–water partition coefficient (Wildman–Crippen LogP) is -2.01. The van der Waals surface area contributed by atoms with Crippen molar-refractivity contribution < 1.29 is 28.4 Å². The Kier molecular flexibility index (Phi) is 9.68. The summed E-state index contributed by atoms with van der Waals surface area (Å²) in [5.74, 6) is -3.37. The molecular weight excluding hydrogens is 449 g/mol. The van der Waals surface area contributed by atoms with Crippen LogP contribution in [0.15, 0.2) is 36.8 Å². The van der Waals surface area contributed by atoms with Crippen molar-refractivity contribution in [2.45, 2.75) is 24.9 Å². The zero-order valence-electron chi connectivity index (χ0n) is 18.4. The zero-order valence-corrected chi connectivity index (χ0v) is 18.4. The second-order valence-electron chi connectivity index (χ2n) is 7.34. The van der Waals surface area contributed by atoms with E-state index < -0.39 is 48.1 Å². The van der Waals surface area contributed by atoms with Gasteiger partial charge in [0, 0.05) is 31.8 Å². The van der Waals surface area contributed by atoms with Crippen LogP contribution in [-0.4, -0.2) is 77.1 Å². The summed E-state index contributed by atoms with van der Waals surface area (Å²) in [6.45, 7) is -0.890. The quantitative estimate of drug-likeness (QED) is 0.209. The second kappa shape index (κ2) is 12.7. The third-order valence-electron chi connectivity index (χ3n) is 4.95. The summed E-state index contributed by atoms with van der Waals surface area (Å²) in [6.07, 6.45) is 3.13. The lowest BCUT2D eigenvalue weighted by molar-refractivity contribution is -0.138. The number of H-pyrrole nitrogens is 1. The van der Waals surface area contributed by atoms with Gasteiger partial charge in [-0.3, -0.25) is 24.0 Å². The van der Waals surface area contributed by atoms with Crippen LogP contribution in [-0.2, 0) is 36.8 Å². The maximum Gasteiger partial charge on any atom is 0.243 e. The number of hydrogen-bond donors (Lipinski definition) is 5. The number of primary amides is 1. The average molecular weight is 475 g/mol. The van der Waals surface area contributed by atoms with E-state index in [2.05, 4.69) is 25.9 Å². The van der Waals surface area contributed by atoms with E-state index in [9.17, 15) is 28.4 Å². The molecule has 1 aromatic heterocycles. The maximum atomic E-state index is 14.1. The Morgan fingerprint density at radius 3 is 2.56 bits per heavy atom. The number of carbonyl (C=O) groups is 5. The van der Waals surface area contributed by atoms with Gasteiger partial charge in [-0.15, -0.1) is 0 Å². The molecule has 1 aromatic carbocycles. The number of nitrogens with zero attached hydrogens (tertiary/aromatic N) is 2. The minimum atomic E-state index is -1.23. The van der Waals surface area contributed by atoms with Gasteiger partial charge in [-0.1, -0.05) is 18.2 Å². The fourth-order valence-electron chi connectivity index (χ4n) is 3.09. The molecule has 0 aliphatic rings. The highest BCUT2D eigenvalue weighted by Gasteiger charge is 2.27. The van der Waals surface area contributed by atoms with E-state index >= 15 is 0 Å². The minimum absolute atomic E-state index is 0.0984. The van der Waals surface area contributed by atoms with Gasteiger partial charge < -0.3 is 31.6 Å². The number of aromatic nitrogens is 2. The third kappa shape index (κ3) is 7.69. The number of benzene rings is 1. The Morgan fingerprint density at radius 1 is 1.21 bits per heavy atom. The summed E-state index contributed by atoms with van der Waals surface area (Å²) in [6, 6.07) is 3.50. The molecule has 0 saturated carbocycles. The first kappa shape index (κ1) is 26.0. The van der Waals surface area contributed by atoms with Crippen LogP contribution in [0, 0.1) is 5.82 Å². The fourth-order valence-corrected chi connectivity index (χ4v) is 3.09. The Hall–Kier alpha value is -4.29. The minimum Gasteiger partial charge on any atom is -0.368 e. The number of carbonyl (C=O) groups excluding carboxylic acids is 5. The molecule has 1 unspecified atom stereocenters. The number of rotatable bonds is 13. The first-order chi connectivity index (χ1) is 16.2. The van der Waals surface area contributed by atoms with Gasteiger partial charge >= 0.3 is 0 Å². The van der Waals surface area contributed by atoms with Crippen LogP contribution in [0.4, 0.5) is 4.39 Å². The Bertz CT molecular complexity index is 1010. The molecular formula is C21H26FN7O5. The van der Waals surface area contributed by atoms with Gasteiger partial charge in [-0.2, -0.15) is 0 Å². The zero-order chi connectivity index (χ0) is 25.1. The van der Waals surface area contributed by atoms with Crippen molar-refractivity contribution in [1.82, 2.24) is 30.8 Å². The predicted molar refractivity (Wildman–Crippen MR) is 117 cm³/mol. The standard InChI is InChI=1S/C21H26FN7O5/c1-29(17(20(23)33)7-14-8-24-11-27-14)19(32)10-26-21(34)16(28-18(31)9-25-12-30)6-13-4-2-3-5-15(13)22/h2-5,8,11-12,16-17H,6-7,9-10H2,1H3,(H2,23,33)(H,24,27)(H,25,30)(H,26,34)(H,28,31)/t16-,17?/m0/s1. The van der Waals surface area contributed by atoms with Crippen molar-refractivity contribution in [3.05, 3.63) is 53.9 Å². The summed E-state index contributed by atoms with van der Waals surface area (Å²) >= 11 is 0. The van der Waals surface area contributed by atoms with Crippen LogP contribution in [0.3, 0.4) is 0 Å². The van der Waals surface area contributed by atoms with Gasteiger partial charge in [0.2, 0.25) is 30.0 Å². The average Bonchev–Trinajstić information content (AvgIpc) is 3.33. The van der Waals surface area contributed by atoms with E-state index in [0.717, 1.165) is 4.90 Å². The van der Waals surface area contributed by atoms with Crippen molar-refractivity contribution in [1.29, 1.82) is 0 Å². The molecule has 0 bridgehead atoms.